The lowest BCUT2D eigenvalue weighted by Gasteiger charge is -2.31. The van der Waals surface area contributed by atoms with Gasteiger partial charge in [-0.1, -0.05) is 24.3 Å². The van der Waals surface area contributed by atoms with Crippen LogP contribution < -0.4 is 0 Å². The summed E-state index contributed by atoms with van der Waals surface area (Å²) in [6, 6.07) is 0. The van der Waals surface area contributed by atoms with Crippen LogP contribution in [-0.2, 0) is 9.53 Å². The van der Waals surface area contributed by atoms with E-state index in [1.807, 2.05) is 0 Å². The normalized spacial score (nSPS) is 47.3. The molecule has 2 nitrogen and oxygen atoms in total. The molecule has 2 heteroatoms. The summed E-state index contributed by atoms with van der Waals surface area (Å²) in [6.45, 7) is 0. The summed E-state index contributed by atoms with van der Waals surface area (Å²) < 4.78 is 6.04. The first kappa shape index (κ1) is 9.34. The molecule has 0 amide bonds. The number of hydrogen-bond acceptors (Lipinski definition) is 2. The first-order valence-corrected chi connectivity index (χ1v) is 5.80. The summed E-state index contributed by atoms with van der Waals surface area (Å²) in [5.41, 5.74) is -0.490. The van der Waals surface area contributed by atoms with Crippen LogP contribution in [0.2, 0.25) is 0 Å². The summed E-state index contributed by atoms with van der Waals surface area (Å²) in [5, 5.41) is 0. The van der Waals surface area contributed by atoms with Crippen molar-refractivity contribution in [2.75, 3.05) is 0 Å². The highest BCUT2D eigenvalue weighted by atomic mass is 16.5. The van der Waals surface area contributed by atoms with Crippen LogP contribution in [0.3, 0.4) is 0 Å². The second kappa shape index (κ2) is 3.31. The molecule has 0 spiro atoms. The fourth-order valence-corrected chi connectivity index (χ4v) is 3.35. The van der Waals surface area contributed by atoms with E-state index in [0.29, 0.717) is 11.8 Å². The molecule has 0 saturated carbocycles. The smallest absolute Gasteiger partial charge is 0.152 e. The lowest BCUT2D eigenvalue weighted by molar-refractivity contribution is -0.133. The highest BCUT2D eigenvalue weighted by molar-refractivity contribution is 5.65. The summed E-state index contributed by atoms with van der Waals surface area (Å²) in [5.74, 6) is 0.972. The molecule has 0 radical (unpaired) electrons. The molecule has 1 saturated heterocycles. The molecule has 0 N–H and O–H groups in total. The lowest BCUT2D eigenvalue weighted by Crippen LogP contribution is -2.39. The minimum absolute atomic E-state index is 0.282. The molecule has 1 fully saturated rings. The Hall–Kier alpha value is -0.890. The first-order valence-electron chi connectivity index (χ1n) is 5.80. The van der Waals surface area contributed by atoms with Gasteiger partial charge in [0.2, 0.25) is 0 Å². The molecule has 1 heterocycles. The van der Waals surface area contributed by atoms with Gasteiger partial charge in [-0.3, -0.25) is 0 Å². The van der Waals surface area contributed by atoms with E-state index in [0.717, 1.165) is 32.0 Å². The van der Waals surface area contributed by atoms with Crippen LogP contribution in [0.15, 0.2) is 24.3 Å². The zero-order chi connectivity index (χ0) is 10.3. The predicted molar refractivity (Wildman–Crippen MR) is 57.4 cm³/mol. The van der Waals surface area contributed by atoms with Gasteiger partial charge < -0.3 is 9.53 Å². The molecular formula is C13H16O2. The van der Waals surface area contributed by atoms with Gasteiger partial charge in [0.05, 0.1) is 6.10 Å². The van der Waals surface area contributed by atoms with Crippen LogP contribution in [0.25, 0.3) is 0 Å². The third-order valence-electron chi connectivity index (χ3n) is 4.13. The van der Waals surface area contributed by atoms with Crippen molar-refractivity contribution >= 4 is 6.29 Å². The van der Waals surface area contributed by atoms with E-state index in [2.05, 4.69) is 24.3 Å². The van der Waals surface area contributed by atoms with Crippen molar-refractivity contribution in [2.45, 2.75) is 37.4 Å². The predicted octanol–water partition coefficient (Wildman–Crippen LogP) is 2.26. The van der Waals surface area contributed by atoms with Gasteiger partial charge in [0.1, 0.15) is 5.60 Å². The second-order valence-electron chi connectivity index (χ2n) is 4.85. The molecule has 0 aromatic carbocycles. The topological polar surface area (TPSA) is 26.3 Å². The lowest BCUT2D eigenvalue weighted by atomic mass is 9.71. The van der Waals surface area contributed by atoms with Gasteiger partial charge in [-0.2, -0.15) is 0 Å². The highest BCUT2D eigenvalue weighted by Gasteiger charge is 2.54. The number of carbonyl (C=O) groups is 1. The maximum absolute atomic E-state index is 11.3. The Balaban J connectivity index is 1.95. The quantitative estimate of drug-likeness (QED) is 0.483. The Morgan fingerprint density at radius 3 is 2.80 bits per heavy atom. The third-order valence-corrected chi connectivity index (χ3v) is 4.13. The Labute approximate surface area is 90.0 Å². The fourth-order valence-electron chi connectivity index (χ4n) is 3.35. The molecule has 0 bridgehead atoms. The van der Waals surface area contributed by atoms with Crippen molar-refractivity contribution < 1.29 is 9.53 Å². The Kier molecular flexibility index (Phi) is 2.06. The van der Waals surface area contributed by atoms with Crippen molar-refractivity contribution in [1.29, 1.82) is 0 Å². The zero-order valence-electron chi connectivity index (χ0n) is 8.76. The van der Waals surface area contributed by atoms with Gasteiger partial charge in [0, 0.05) is 12.3 Å². The zero-order valence-corrected chi connectivity index (χ0v) is 8.76. The van der Waals surface area contributed by atoms with E-state index in [-0.39, 0.29) is 6.10 Å². The number of fused-ring (bicyclic) bond motifs is 3. The molecule has 0 aromatic rings. The number of allylic oxidation sites excluding steroid dienone is 2. The average molecular weight is 204 g/mol. The van der Waals surface area contributed by atoms with Crippen molar-refractivity contribution in [3.8, 4) is 0 Å². The number of rotatable bonds is 1. The largest absolute Gasteiger partial charge is 0.363 e. The van der Waals surface area contributed by atoms with Crippen LogP contribution in [0.4, 0.5) is 0 Å². The van der Waals surface area contributed by atoms with E-state index in [1.54, 1.807) is 0 Å². The number of ether oxygens (including phenoxy) is 1. The Morgan fingerprint density at radius 2 is 1.93 bits per heavy atom. The van der Waals surface area contributed by atoms with Crippen LogP contribution in [0.1, 0.15) is 25.7 Å². The van der Waals surface area contributed by atoms with Crippen LogP contribution in [0.5, 0.6) is 0 Å². The first-order chi connectivity index (χ1) is 7.36. The third kappa shape index (κ3) is 1.24. The molecule has 2 aliphatic carbocycles. The number of aldehydes is 1. The van der Waals surface area contributed by atoms with Crippen molar-refractivity contribution in [3.63, 3.8) is 0 Å². The van der Waals surface area contributed by atoms with E-state index >= 15 is 0 Å². The monoisotopic (exact) mass is 204 g/mol. The minimum atomic E-state index is -0.490. The molecule has 15 heavy (non-hydrogen) atoms. The second-order valence-corrected chi connectivity index (χ2v) is 4.85. The van der Waals surface area contributed by atoms with E-state index in [1.165, 1.54) is 0 Å². The van der Waals surface area contributed by atoms with E-state index in [4.69, 9.17) is 4.74 Å². The fraction of sp³-hybridized carbons (Fsp3) is 0.615. The Bertz CT molecular complexity index is 331. The highest BCUT2D eigenvalue weighted by Crippen LogP contribution is 2.49. The van der Waals surface area contributed by atoms with Crippen molar-refractivity contribution in [1.82, 2.24) is 0 Å². The van der Waals surface area contributed by atoms with Gasteiger partial charge in [-0.25, -0.2) is 0 Å². The van der Waals surface area contributed by atoms with E-state index < -0.39 is 5.60 Å². The van der Waals surface area contributed by atoms with Crippen LogP contribution in [-0.4, -0.2) is 18.0 Å². The summed E-state index contributed by atoms with van der Waals surface area (Å²) in [4.78, 5) is 11.3. The maximum Gasteiger partial charge on any atom is 0.152 e. The molecule has 0 unspecified atom stereocenters. The van der Waals surface area contributed by atoms with Gasteiger partial charge in [-0.05, 0) is 25.2 Å². The van der Waals surface area contributed by atoms with Crippen LogP contribution >= 0.6 is 0 Å². The number of hydrogen-bond donors (Lipinski definition) is 0. The van der Waals surface area contributed by atoms with Crippen LogP contribution in [0, 0.1) is 11.8 Å². The standard InChI is InChI=1S/C13H16O2/c14-9-13-8-4-3-6-11(13)10-5-1-2-7-12(10)15-13/h1-4,9-12H,5-8H2/t10-,11+,12+,13-/m1/s1. The summed E-state index contributed by atoms with van der Waals surface area (Å²) in [7, 11) is 0. The number of carbonyl (C=O) groups excluding carboxylic acids is 1. The molecule has 0 aromatic heterocycles. The SMILES string of the molecule is O=C[C@]12CC=CC[C@H]1[C@H]1CC=CC[C@@H]1O2. The Morgan fingerprint density at radius 1 is 1.13 bits per heavy atom. The maximum atomic E-state index is 11.3. The molecule has 4 atom stereocenters. The molecule has 3 aliphatic rings. The molecule has 1 aliphatic heterocycles. The molecule has 3 rings (SSSR count). The summed E-state index contributed by atoms with van der Waals surface area (Å²) in [6.07, 6.45) is 13.9. The van der Waals surface area contributed by atoms with Gasteiger partial charge in [0.25, 0.3) is 0 Å². The average Bonchev–Trinajstić information content (AvgIpc) is 2.64. The minimum Gasteiger partial charge on any atom is -0.363 e. The van der Waals surface area contributed by atoms with Crippen molar-refractivity contribution in [2.24, 2.45) is 11.8 Å². The van der Waals surface area contributed by atoms with Gasteiger partial charge in [-0.15, -0.1) is 0 Å². The van der Waals surface area contributed by atoms with E-state index in [9.17, 15) is 4.79 Å². The molecule has 80 valence electrons. The van der Waals surface area contributed by atoms with Gasteiger partial charge >= 0.3 is 0 Å². The summed E-state index contributed by atoms with van der Waals surface area (Å²) >= 11 is 0. The van der Waals surface area contributed by atoms with Gasteiger partial charge in [0.15, 0.2) is 6.29 Å². The molecular weight excluding hydrogens is 188 g/mol. The van der Waals surface area contributed by atoms with Crippen molar-refractivity contribution in [3.05, 3.63) is 24.3 Å².